The number of ether oxygens (including phenoxy) is 1. The van der Waals surface area contributed by atoms with Gasteiger partial charge in [-0.3, -0.25) is 0 Å². The van der Waals surface area contributed by atoms with Crippen molar-refractivity contribution in [3.05, 3.63) is 95.9 Å². The van der Waals surface area contributed by atoms with Gasteiger partial charge in [0, 0.05) is 17.9 Å². The molecule has 8 heteroatoms. The molecule has 0 radical (unpaired) electrons. The lowest BCUT2D eigenvalue weighted by Gasteiger charge is -2.08. The van der Waals surface area contributed by atoms with Crippen LogP contribution in [0.15, 0.2) is 83.8 Å². The molecule has 0 amide bonds. The SMILES string of the molecule is CS(=O)(=O)c1ccc(-n2nc(COc3cc(F)cc(C#N)c3)cc2-c2ccccc2)cc1. The Morgan fingerprint density at radius 1 is 1.03 bits per heavy atom. The first kappa shape index (κ1) is 21.3. The van der Waals surface area contributed by atoms with Crippen LogP contribution in [0.4, 0.5) is 4.39 Å². The number of sulfone groups is 1. The van der Waals surface area contributed by atoms with Gasteiger partial charge in [0.1, 0.15) is 23.9 Å². The third kappa shape index (κ3) is 4.68. The van der Waals surface area contributed by atoms with Crippen LogP contribution in [0.1, 0.15) is 11.3 Å². The third-order valence-corrected chi connectivity index (χ3v) is 5.85. The van der Waals surface area contributed by atoms with E-state index in [2.05, 4.69) is 5.10 Å². The second-order valence-electron chi connectivity index (χ2n) is 7.14. The molecule has 0 aliphatic heterocycles. The fourth-order valence-corrected chi connectivity index (χ4v) is 3.84. The normalized spacial score (nSPS) is 11.2. The Hall–Kier alpha value is -3.96. The lowest BCUT2D eigenvalue weighted by Crippen LogP contribution is -2.03. The molecular formula is C24H18FN3O3S. The van der Waals surface area contributed by atoms with Crippen LogP contribution in [0, 0.1) is 17.1 Å². The maximum atomic E-state index is 13.7. The zero-order valence-electron chi connectivity index (χ0n) is 17.1. The molecule has 3 aromatic carbocycles. The van der Waals surface area contributed by atoms with Crippen molar-refractivity contribution in [3.8, 4) is 28.8 Å². The largest absolute Gasteiger partial charge is 0.487 e. The van der Waals surface area contributed by atoms with E-state index >= 15 is 0 Å². The zero-order chi connectivity index (χ0) is 22.7. The Morgan fingerprint density at radius 3 is 2.41 bits per heavy atom. The van der Waals surface area contributed by atoms with Gasteiger partial charge in [-0.25, -0.2) is 17.5 Å². The molecule has 1 aromatic heterocycles. The smallest absolute Gasteiger partial charge is 0.175 e. The van der Waals surface area contributed by atoms with E-state index in [-0.39, 0.29) is 22.8 Å². The van der Waals surface area contributed by atoms with Gasteiger partial charge in [0.2, 0.25) is 0 Å². The second-order valence-corrected chi connectivity index (χ2v) is 9.16. The van der Waals surface area contributed by atoms with Crippen LogP contribution < -0.4 is 4.74 Å². The van der Waals surface area contributed by atoms with E-state index in [4.69, 9.17) is 10.00 Å². The Bertz CT molecular complexity index is 1410. The maximum absolute atomic E-state index is 13.7. The summed E-state index contributed by atoms with van der Waals surface area (Å²) in [5.74, 6) is -0.324. The van der Waals surface area contributed by atoms with Gasteiger partial charge in [0.25, 0.3) is 0 Å². The van der Waals surface area contributed by atoms with Gasteiger partial charge in [-0.1, -0.05) is 30.3 Å². The van der Waals surface area contributed by atoms with Crippen LogP contribution in [0.25, 0.3) is 16.9 Å². The van der Waals surface area contributed by atoms with Crippen LogP contribution in [0.5, 0.6) is 5.75 Å². The highest BCUT2D eigenvalue weighted by Crippen LogP contribution is 2.26. The van der Waals surface area contributed by atoms with Gasteiger partial charge in [-0.05, 0) is 42.5 Å². The highest BCUT2D eigenvalue weighted by molar-refractivity contribution is 7.90. The summed E-state index contributed by atoms with van der Waals surface area (Å²) in [4.78, 5) is 0.220. The molecule has 0 aliphatic rings. The predicted molar refractivity (Wildman–Crippen MR) is 118 cm³/mol. The maximum Gasteiger partial charge on any atom is 0.175 e. The number of hydrogen-bond acceptors (Lipinski definition) is 5. The number of nitriles is 1. The molecule has 4 aromatic rings. The molecule has 0 saturated carbocycles. The second kappa shape index (κ2) is 8.65. The summed E-state index contributed by atoms with van der Waals surface area (Å²) in [7, 11) is -3.31. The highest BCUT2D eigenvalue weighted by Gasteiger charge is 2.14. The number of nitrogens with zero attached hydrogens (tertiary/aromatic N) is 3. The van der Waals surface area contributed by atoms with Crippen molar-refractivity contribution in [2.45, 2.75) is 11.5 Å². The molecule has 0 aliphatic carbocycles. The summed E-state index contributed by atoms with van der Waals surface area (Å²) in [5.41, 5.74) is 3.13. The summed E-state index contributed by atoms with van der Waals surface area (Å²) >= 11 is 0. The van der Waals surface area contributed by atoms with E-state index in [1.54, 1.807) is 16.8 Å². The monoisotopic (exact) mass is 447 g/mol. The van der Waals surface area contributed by atoms with Crippen molar-refractivity contribution < 1.29 is 17.5 Å². The molecule has 6 nitrogen and oxygen atoms in total. The lowest BCUT2D eigenvalue weighted by atomic mass is 10.1. The Labute approximate surface area is 185 Å². The van der Waals surface area contributed by atoms with Crippen LogP contribution in [0.3, 0.4) is 0 Å². The van der Waals surface area contributed by atoms with Gasteiger partial charge < -0.3 is 4.74 Å². The van der Waals surface area contributed by atoms with E-state index in [0.717, 1.165) is 23.6 Å². The first-order valence-electron chi connectivity index (χ1n) is 9.62. The summed E-state index contributed by atoms with van der Waals surface area (Å²) in [6.07, 6.45) is 1.16. The van der Waals surface area contributed by atoms with Crippen LogP contribution in [0.2, 0.25) is 0 Å². The minimum Gasteiger partial charge on any atom is -0.487 e. The molecule has 4 rings (SSSR count). The quantitative estimate of drug-likeness (QED) is 0.433. The molecule has 0 bridgehead atoms. The number of benzene rings is 3. The minimum atomic E-state index is -3.31. The van der Waals surface area contributed by atoms with Crippen molar-refractivity contribution >= 4 is 9.84 Å². The van der Waals surface area contributed by atoms with E-state index in [1.165, 1.54) is 24.3 Å². The molecule has 1 heterocycles. The molecule has 0 N–H and O–H groups in total. The van der Waals surface area contributed by atoms with Crippen LogP contribution in [-0.4, -0.2) is 24.5 Å². The molecule has 0 unspecified atom stereocenters. The van der Waals surface area contributed by atoms with Gasteiger partial charge in [0.15, 0.2) is 9.84 Å². The highest BCUT2D eigenvalue weighted by atomic mass is 32.2. The molecule has 0 spiro atoms. The molecule has 0 saturated heterocycles. The van der Waals surface area contributed by atoms with Gasteiger partial charge in [-0.2, -0.15) is 10.4 Å². The topological polar surface area (TPSA) is 85.0 Å². The van der Waals surface area contributed by atoms with E-state index in [1.807, 2.05) is 42.5 Å². The number of halogens is 1. The molecule has 160 valence electrons. The van der Waals surface area contributed by atoms with Gasteiger partial charge >= 0.3 is 0 Å². The van der Waals surface area contributed by atoms with Crippen molar-refractivity contribution in [2.24, 2.45) is 0 Å². The Balaban J connectivity index is 1.69. The third-order valence-electron chi connectivity index (χ3n) is 4.73. The standard InChI is InChI=1S/C24H18FN3O3S/c1-32(29,30)23-9-7-21(8-10-23)28-24(18-5-3-2-4-6-18)14-20(27-28)16-31-22-12-17(15-26)11-19(25)13-22/h2-14H,16H2,1H3. The number of rotatable bonds is 6. The fourth-order valence-electron chi connectivity index (χ4n) is 3.21. The summed E-state index contributed by atoms with van der Waals surface area (Å²) < 4.78 is 44.6. The predicted octanol–water partition coefficient (Wildman–Crippen LogP) is 4.53. The molecule has 0 atom stereocenters. The van der Waals surface area contributed by atoms with Crippen LogP contribution in [-0.2, 0) is 16.4 Å². The molecule has 32 heavy (non-hydrogen) atoms. The number of aromatic nitrogens is 2. The molecule has 0 fully saturated rings. The van der Waals surface area contributed by atoms with Crippen molar-refractivity contribution in [2.75, 3.05) is 6.26 Å². The average molecular weight is 447 g/mol. The zero-order valence-corrected chi connectivity index (χ0v) is 17.9. The van der Waals surface area contributed by atoms with Crippen LogP contribution >= 0.6 is 0 Å². The minimum absolute atomic E-state index is 0.0581. The van der Waals surface area contributed by atoms with Crippen molar-refractivity contribution in [1.29, 1.82) is 5.26 Å². The fraction of sp³-hybridized carbons (Fsp3) is 0.0833. The molecular weight excluding hydrogens is 429 g/mol. The Morgan fingerprint density at radius 2 is 1.75 bits per heavy atom. The number of hydrogen-bond donors (Lipinski definition) is 0. The summed E-state index contributed by atoms with van der Waals surface area (Å²) in [6.45, 7) is 0.0581. The lowest BCUT2D eigenvalue weighted by molar-refractivity contribution is 0.299. The van der Waals surface area contributed by atoms with Gasteiger partial charge in [0.05, 0.1) is 27.9 Å². The van der Waals surface area contributed by atoms with E-state index < -0.39 is 15.7 Å². The first-order chi connectivity index (χ1) is 15.3. The van der Waals surface area contributed by atoms with Crippen molar-refractivity contribution in [1.82, 2.24) is 9.78 Å². The Kier molecular flexibility index (Phi) is 5.75. The average Bonchev–Trinajstić information content (AvgIpc) is 3.22. The summed E-state index contributed by atoms with van der Waals surface area (Å²) in [5, 5.41) is 13.6. The first-order valence-corrected chi connectivity index (χ1v) is 11.5. The summed E-state index contributed by atoms with van der Waals surface area (Å²) in [6, 6.07) is 23.6. The van der Waals surface area contributed by atoms with E-state index in [9.17, 15) is 12.8 Å². The van der Waals surface area contributed by atoms with Crippen molar-refractivity contribution in [3.63, 3.8) is 0 Å². The van der Waals surface area contributed by atoms with Gasteiger partial charge in [-0.15, -0.1) is 0 Å². The van der Waals surface area contributed by atoms with E-state index in [0.29, 0.717) is 11.4 Å².